The molecule has 1 aromatic rings. The number of rotatable bonds is 6. The number of nitrogens with one attached hydrogen (secondary N) is 2. The highest BCUT2D eigenvalue weighted by Gasteiger charge is 2.09. The van der Waals surface area contributed by atoms with E-state index in [-0.39, 0.29) is 12.5 Å². The Labute approximate surface area is 116 Å². The number of carbonyl (C=O) groups is 1. The van der Waals surface area contributed by atoms with E-state index in [1.807, 2.05) is 19.0 Å². The van der Waals surface area contributed by atoms with Crippen LogP contribution in [0.2, 0.25) is 10.0 Å². The van der Waals surface area contributed by atoms with Crippen LogP contribution in [-0.4, -0.2) is 49.5 Å². The van der Waals surface area contributed by atoms with E-state index in [0.29, 0.717) is 15.9 Å². The maximum atomic E-state index is 11.7. The van der Waals surface area contributed by atoms with Crippen LogP contribution in [0.5, 0.6) is 0 Å². The number of carbonyl (C=O) groups excluding carboxylic acids is 1. The summed E-state index contributed by atoms with van der Waals surface area (Å²) in [6, 6.07) is 1.54. The summed E-state index contributed by atoms with van der Waals surface area (Å²) >= 11 is 11.6. The first-order chi connectivity index (χ1) is 8.52. The van der Waals surface area contributed by atoms with Crippen molar-refractivity contribution in [3.63, 3.8) is 0 Å². The third-order valence-corrected chi connectivity index (χ3v) is 2.72. The van der Waals surface area contributed by atoms with Crippen LogP contribution in [0.4, 0.5) is 5.82 Å². The Bertz CT molecular complexity index is 414. The van der Waals surface area contributed by atoms with Crippen molar-refractivity contribution in [2.75, 3.05) is 39.0 Å². The summed E-state index contributed by atoms with van der Waals surface area (Å²) in [5.41, 5.74) is 0. The molecule has 0 aromatic carbocycles. The number of amides is 1. The van der Waals surface area contributed by atoms with Gasteiger partial charge in [-0.25, -0.2) is 4.98 Å². The molecule has 0 aliphatic heterocycles. The van der Waals surface area contributed by atoms with Crippen LogP contribution < -0.4 is 10.6 Å². The normalized spacial score (nSPS) is 10.7. The summed E-state index contributed by atoms with van der Waals surface area (Å²) in [6.45, 7) is 1.89. The van der Waals surface area contributed by atoms with Gasteiger partial charge in [0.25, 0.3) is 0 Å². The van der Waals surface area contributed by atoms with Gasteiger partial charge in [-0.3, -0.25) is 9.69 Å². The van der Waals surface area contributed by atoms with Crippen molar-refractivity contribution in [2.45, 2.75) is 0 Å². The molecule has 1 aromatic heterocycles. The topological polar surface area (TPSA) is 57.3 Å². The Balaban J connectivity index is 2.49. The van der Waals surface area contributed by atoms with Crippen LogP contribution in [0.3, 0.4) is 0 Å². The first-order valence-electron chi connectivity index (χ1n) is 5.47. The molecule has 2 N–H and O–H groups in total. The zero-order valence-electron chi connectivity index (χ0n) is 10.3. The highest BCUT2D eigenvalue weighted by atomic mass is 35.5. The number of hydrogen-bond acceptors (Lipinski definition) is 4. The lowest BCUT2D eigenvalue weighted by atomic mass is 10.4. The molecule has 5 nitrogen and oxygen atoms in total. The molecule has 0 bridgehead atoms. The maximum Gasteiger partial charge on any atom is 0.239 e. The van der Waals surface area contributed by atoms with Gasteiger partial charge < -0.3 is 10.6 Å². The van der Waals surface area contributed by atoms with Crippen molar-refractivity contribution in [2.24, 2.45) is 0 Å². The quantitative estimate of drug-likeness (QED) is 0.833. The molecule has 100 valence electrons. The standard InChI is InChI=1S/C11H16Cl2N4O/c1-14-3-4-17(2)7-10(18)16-11-9(13)5-8(12)6-15-11/h5-6,14H,3-4,7H2,1-2H3,(H,15,16,18). The SMILES string of the molecule is CNCCN(C)CC(=O)Nc1ncc(Cl)cc1Cl. The third-order valence-electron chi connectivity index (χ3n) is 2.22. The van der Waals surface area contributed by atoms with Gasteiger partial charge in [-0.05, 0) is 20.2 Å². The smallest absolute Gasteiger partial charge is 0.239 e. The highest BCUT2D eigenvalue weighted by molar-refractivity contribution is 6.36. The lowest BCUT2D eigenvalue weighted by Gasteiger charge is -2.15. The Morgan fingerprint density at radius 1 is 1.50 bits per heavy atom. The average molecular weight is 291 g/mol. The van der Waals surface area contributed by atoms with Crippen LogP contribution in [0.15, 0.2) is 12.3 Å². The molecule has 7 heteroatoms. The lowest BCUT2D eigenvalue weighted by Crippen LogP contribution is -2.34. The molecule has 0 saturated heterocycles. The van der Waals surface area contributed by atoms with E-state index < -0.39 is 0 Å². The third kappa shape index (κ3) is 5.18. The zero-order valence-corrected chi connectivity index (χ0v) is 11.8. The number of hydrogen-bond donors (Lipinski definition) is 2. The van der Waals surface area contributed by atoms with Crippen molar-refractivity contribution in [3.8, 4) is 0 Å². The van der Waals surface area contributed by atoms with Crippen LogP contribution in [-0.2, 0) is 4.79 Å². The van der Waals surface area contributed by atoms with Crippen molar-refractivity contribution >= 4 is 34.9 Å². The van der Waals surface area contributed by atoms with E-state index in [2.05, 4.69) is 15.6 Å². The minimum Gasteiger partial charge on any atom is -0.318 e. The molecule has 0 spiro atoms. The Morgan fingerprint density at radius 2 is 2.22 bits per heavy atom. The number of nitrogens with zero attached hydrogens (tertiary/aromatic N) is 2. The average Bonchev–Trinajstić information content (AvgIpc) is 2.30. The van der Waals surface area contributed by atoms with Crippen LogP contribution in [0.1, 0.15) is 0 Å². The Morgan fingerprint density at radius 3 is 2.83 bits per heavy atom. The number of anilines is 1. The van der Waals surface area contributed by atoms with Gasteiger partial charge in [-0.2, -0.15) is 0 Å². The van der Waals surface area contributed by atoms with E-state index in [1.165, 1.54) is 12.3 Å². The van der Waals surface area contributed by atoms with Crippen LogP contribution >= 0.6 is 23.2 Å². The van der Waals surface area contributed by atoms with E-state index >= 15 is 0 Å². The molecule has 18 heavy (non-hydrogen) atoms. The van der Waals surface area contributed by atoms with Crippen molar-refractivity contribution in [3.05, 3.63) is 22.3 Å². The fraction of sp³-hybridized carbons (Fsp3) is 0.455. The summed E-state index contributed by atoms with van der Waals surface area (Å²) in [4.78, 5) is 17.6. The van der Waals surface area contributed by atoms with Crippen LogP contribution in [0.25, 0.3) is 0 Å². The minimum absolute atomic E-state index is 0.162. The van der Waals surface area contributed by atoms with Gasteiger partial charge >= 0.3 is 0 Å². The van der Waals surface area contributed by atoms with Gasteiger partial charge in [0.1, 0.15) is 0 Å². The van der Waals surface area contributed by atoms with Gasteiger partial charge in [0.2, 0.25) is 5.91 Å². The first kappa shape index (κ1) is 15.2. The number of pyridine rings is 1. The minimum atomic E-state index is -0.162. The van der Waals surface area contributed by atoms with Crippen molar-refractivity contribution in [1.82, 2.24) is 15.2 Å². The fourth-order valence-electron chi connectivity index (χ4n) is 1.31. The molecule has 1 heterocycles. The molecule has 0 radical (unpaired) electrons. The molecule has 0 unspecified atom stereocenters. The molecule has 1 amide bonds. The Kier molecular flexibility index (Phi) is 6.35. The van der Waals surface area contributed by atoms with E-state index in [1.54, 1.807) is 0 Å². The van der Waals surface area contributed by atoms with Gasteiger partial charge in [0, 0.05) is 19.3 Å². The number of likely N-dealkylation sites (N-methyl/N-ethyl adjacent to an activating group) is 2. The second-order valence-electron chi connectivity index (χ2n) is 3.87. The summed E-state index contributed by atoms with van der Waals surface area (Å²) in [7, 11) is 3.74. The second kappa shape index (κ2) is 7.53. The zero-order chi connectivity index (χ0) is 13.5. The predicted octanol–water partition coefficient (Wildman–Crippen LogP) is 1.48. The van der Waals surface area contributed by atoms with E-state index in [0.717, 1.165) is 13.1 Å². The first-order valence-corrected chi connectivity index (χ1v) is 6.22. The number of aromatic nitrogens is 1. The molecule has 0 fully saturated rings. The summed E-state index contributed by atoms with van der Waals surface area (Å²) in [5, 5.41) is 6.42. The highest BCUT2D eigenvalue weighted by Crippen LogP contribution is 2.22. The molecule has 0 aliphatic rings. The molecule has 0 atom stereocenters. The molecule has 0 aliphatic carbocycles. The maximum absolute atomic E-state index is 11.7. The second-order valence-corrected chi connectivity index (χ2v) is 4.72. The van der Waals surface area contributed by atoms with Gasteiger partial charge in [0.05, 0.1) is 16.6 Å². The summed E-state index contributed by atoms with van der Waals surface area (Å²) in [6.07, 6.45) is 1.44. The molecular weight excluding hydrogens is 275 g/mol. The summed E-state index contributed by atoms with van der Waals surface area (Å²) < 4.78 is 0. The molecule has 1 rings (SSSR count). The van der Waals surface area contributed by atoms with E-state index in [4.69, 9.17) is 23.2 Å². The lowest BCUT2D eigenvalue weighted by molar-refractivity contribution is -0.117. The van der Waals surface area contributed by atoms with Crippen molar-refractivity contribution in [1.29, 1.82) is 0 Å². The molecular formula is C11H16Cl2N4O. The number of halogens is 2. The van der Waals surface area contributed by atoms with Gasteiger partial charge in [-0.1, -0.05) is 23.2 Å². The van der Waals surface area contributed by atoms with Crippen molar-refractivity contribution < 1.29 is 4.79 Å². The largest absolute Gasteiger partial charge is 0.318 e. The Hall–Kier alpha value is -0.880. The van der Waals surface area contributed by atoms with Gasteiger partial charge in [0.15, 0.2) is 5.82 Å². The monoisotopic (exact) mass is 290 g/mol. The van der Waals surface area contributed by atoms with E-state index in [9.17, 15) is 4.79 Å². The predicted molar refractivity (Wildman–Crippen MR) is 74.3 cm³/mol. The fourth-order valence-corrected chi connectivity index (χ4v) is 1.73. The summed E-state index contributed by atoms with van der Waals surface area (Å²) in [5.74, 6) is 0.165. The molecule has 0 saturated carbocycles. The van der Waals surface area contributed by atoms with Gasteiger partial charge in [-0.15, -0.1) is 0 Å². The van der Waals surface area contributed by atoms with Crippen LogP contribution in [0, 0.1) is 0 Å².